The van der Waals surface area contributed by atoms with Crippen LogP contribution in [-0.2, 0) is 0 Å². The Morgan fingerprint density at radius 1 is 0.893 bits per heavy atom. The van der Waals surface area contributed by atoms with E-state index < -0.39 is 0 Å². The lowest BCUT2D eigenvalue weighted by Gasteiger charge is -2.10. The summed E-state index contributed by atoms with van der Waals surface area (Å²) < 4.78 is 5.74. The van der Waals surface area contributed by atoms with E-state index in [1.54, 1.807) is 12.3 Å². The van der Waals surface area contributed by atoms with Gasteiger partial charge in [0.05, 0.1) is 12.8 Å². The van der Waals surface area contributed by atoms with Crippen LogP contribution in [0.5, 0.6) is 5.75 Å². The summed E-state index contributed by atoms with van der Waals surface area (Å²) in [6, 6.07) is 25.4. The summed E-state index contributed by atoms with van der Waals surface area (Å²) in [6.07, 6.45) is 1.65. The zero-order valence-corrected chi connectivity index (χ0v) is 15.6. The average Bonchev–Trinajstić information content (AvgIpc) is 2.74. The van der Waals surface area contributed by atoms with Gasteiger partial charge in [-0.3, -0.25) is 4.79 Å². The maximum absolute atomic E-state index is 12.7. The highest BCUT2D eigenvalue weighted by Crippen LogP contribution is 2.26. The minimum atomic E-state index is -0.244. The van der Waals surface area contributed by atoms with Gasteiger partial charge in [-0.2, -0.15) is 5.10 Å². The Bertz CT molecular complexity index is 1180. The Morgan fingerprint density at radius 2 is 1.57 bits per heavy atom. The van der Waals surface area contributed by atoms with Gasteiger partial charge in [0.15, 0.2) is 0 Å². The summed E-state index contributed by atoms with van der Waals surface area (Å²) in [7, 11) is 0. The van der Waals surface area contributed by atoms with Gasteiger partial charge in [-0.05, 0) is 40.6 Å². The Hall–Kier alpha value is -3.66. The largest absolute Gasteiger partial charge is 0.493 e. The molecule has 0 aliphatic heterocycles. The average molecular weight is 368 g/mol. The summed E-state index contributed by atoms with van der Waals surface area (Å²) >= 11 is 0. The Morgan fingerprint density at radius 3 is 2.36 bits per heavy atom. The van der Waals surface area contributed by atoms with Gasteiger partial charge in [0.2, 0.25) is 0 Å². The molecule has 0 aromatic heterocycles. The van der Waals surface area contributed by atoms with Gasteiger partial charge < -0.3 is 4.74 Å². The van der Waals surface area contributed by atoms with E-state index in [1.165, 1.54) is 0 Å². The lowest BCUT2D eigenvalue weighted by atomic mass is 10.0. The summed E-state index contributed by atoms with van der Waals surface area (Å²) in [4.78, 5) is 12.7. The van der Waals surface area contributed by atoms with Crippen molar-refractivity contribution in [2.75, 3.05) is 6.61 Å². The molecule has 0 heterocycles. The SMILES string of the molecule is CCOc1ccc2ccccc2c1/C=N/NC(=O)c1cccc2ccccc12. The highest BCUT2D eigenvalue weighted by molar-refractivity contribution is 6.08. The lowest BCUT2D eigenvalue weighted by Crippen LogP contribution is -2.18. The quantitative estimate of drug-likeness (QED) is 0.391. The molecular formula is C24H20N2O2. The predicted molar refractivity (Wildman–Crippen MR) is 114 cm³/mol. The van der Waals surface area contributed by atoms with E-state index in [-0.39, 0.29) is 5.91 Å². The molecule has 4 aromatic rings. The molecule has 138 valence electrons. The van der Waals surface area contributed by atoms with Crippen molar-refractivity contribution >= 4 is 33.7 Å². The number of carbonyl (C=O) groups excluding carboxylic acids is 1. The second kappa shape index (κ2) is 7.92. The second-order valence-corrected chi connectivity index (χ2v) is 6.36. The van der Waals surface area contributed by atoms with Crippen LogP contribution in [-0.4, -0.2) is 18.7 Å². The maximum Gasteiger partial charge on any atom is 0.271 e. The summed E-state index contributed by atoms with van der Waals surface area (Å²) in [5.74, 6) is 0.496. The number of rotatable bonds is 5. The molecule has 4 nitrogen and oxygen atoms in total. The molecule has 0 saturated carbocycles. The highest BCUT2D eigenvalue weighted by atomic mass is 16.5. The number of hydrazone groups is 1. The molecule has 0 unspecified atom stereocenters. The van der Waals surface area contributed by atoms with Crippen molar-refractivity contribution in [1.29, 1.82) is 0 Å². The van der Waals surface area contributed by atoms with E-state index in [1.807, 2.05) is 79.7 Å². The van der Waals surface area contributed by atoms with Gasteiger partial charge in [0.1, 0.15) is 5.75 Å². The van der Waals surface area contributed by atoms with Crippen LogP contribution < -0.4 is 10.2 Å². The minimum Gasteiger partial charge on any atom is -0.493 e. The Balaban J connectivity index is 1.64. The fourth-order valence-corrected chi connectivity index (χ4v) is 3.33. The minimum absolute atomic E-state index is 0.244. The molecule has 28 heavy (non-hydrogen) atoms. The topological polar surface area (TPSA) is 50.7 Å². The fraction of sp³-hybridized carbons (Fsp3) is 0.0833. The third-order valence-corrected chi connectivity index (χ3v) is 4.62. The number of ether oxygens (including phenoxy) is 1. The van der Waals surface area contributed by atoms with Crippen molar-refractivity contribution in [3.05, 3.63) is 90.0 Å². The number of fused-ring (bicyclic) bond motifs is 2. The van der Waals surface area contributed by atoms with Crippen LogP contribution >= 0.6 is 0 Å². The zero-order valence-electron chi connectivity index (χ0n) is 15.6. The molecular weight excluding hydrogens is 348 g/mol. The molecule has 4 heteroatoms. The third-order valence-electron chi connectivity index (χ3n) is 4.62. The van der Waals surface area contributed by atoms with Gasteiger partial charge >= 0.3 is 0 Å². The number of carbonyl (C=O) groups is 1. The lowest BCUT2D eigenvalue weighted by molar-refractivity contribution is 0.0957. The van der Waals surface area contributed by atoms with E-state index in [2.05, 4.69) is 10.5 Å². The first-order valence-electron chi connectivity index (χ1n) is 9.23. The Kier molecular flexibility index (Phi) is 5.02. The second-order valence-electron chi connectivity index (χ2n) is 6.36. The van der Waals surface area contributed by atoms with Gasteiger partial charge in [-0.1, -0.05) is 66.7 Å². The molecule has 0 spiro atoms. The van der Waals surface area contributed by atoms with Gasteiger partial charge in [0, 0.05) is 11.1 Å². The molecule has 1 N–H and O–H groups in total. The number of hydrogen-bond acceptors (Lipinski definition) is 3. The van der Waals surface area contributed by atoms with Gasteiger partial charge in [-0.25, -0.2) is 5.43 Å². The zero-order chi connectivity index (χ0) is 19.3. The number of nitrogens with one attached hydrogen (secondary N) is 1. The monoisotopic (exact) mass is 368 g/mol. The standard InChI is InChI=1S/C24H20N2O2/c1-2-28-23-15-14-18-9-4-6-12-20(18)22(23)16-25-26-24(27)21-13-7-10-17-8-3-5-11-19(17)21/h3-16H,2H2,1H3,(H,26,27)/b25-16+. The first-order chi connectivity index (χ1) is 13.8. The molecule has 4 rings (SSSR count). The van der Waals surface area contributed by atoms with Crippen molar-refractivity contribution in [2.45, 2.75) is 6.92 Å². The van der Waals surface area contributed by atoms with E-state index in [0.29, 0.717) is 12.2 Å². The van der Waals surface area contributed by atoms with Crippen molar-refractivity contribution < 1.29 is 9.53 Å². The van der Waals surface area contributed by atoms with Crippen LogP contribution in [0.2, 0.25) is 0 Å². The maximum atomic E-state index is 12.7. The molecule has 0 aliphatic rings. The normalized spacial score (nSPS) is 11.2. The first-order valence-corrected chi connectivity index (χ1v) is 9.23. The molecule has 4 aromatic carbocycles. The summed E-state index contributed by atoms with van der Waals surface area (Å²) in [5, 5.41) is 8.25. The van der Waals surface area contributed by atoms with Crippen LogP contribution in [0, 0.1) is 0 Å². The highest BCUT2D eigenvalue weighted by Gasteiger charge is 2.10. The molecule has 0 saturated heterocycles. The molecule has 0 radical (unpaired) electrons. The van der Waals surface area contributed by atoms with Crippen molar-refractivity contribution in [1.82, 2.24) is 5.43 Å². The van der Waals surface area contributed by atoms with Crippen molar-refractivity contribution in [3.8, 4) is 5.75 Å². The number of hydrogen-bond donors (Lipinski definition) is 1. The molecule has 1 amide bonds. The van der Waals surface area contributed by atoms with Crippen molar-refractivity contribution in [3.63, 3.8) is 0 Å². The van der Waals surface area contributed by atoms with Crippen LogP contribution in [0.15, 0.2) is 84.0 Å². The number of benzene rings is 4. The molecule has 0 bridgehead atoms. The summed E-state index contributed by atoms with van der Waals surface area (Å²) in [5.41, 5.74) is 4.09. The number of amides is 1. The summed E-state index contributed by atoms with van der Waals surface area (Å²) in [6.45, 7) is 2.50. The number of nitrogens with zero attached hydrogens (tertiary/aromatic N) is 1. The van der Waals surface area contributed by atoms with Gasteiger partial charge in [0.25, 0.3) is 5.91 Å². The first kappa shape index (κ1) is 17.7. The predicted octanol–water partition coefficient (Wildman–Crippen LogP) is 5.16. The smallest absolute Gasteiger partial charge is 0.271 e. The van der Waals surface area contributed by atoms with Crippen LogP contribution in [0.1, 0.15) is 22.8 Å². The van der Waals surface area contributed by atoms with Gasteiger partial charge in [-0.15, -0.1) is 0 Å². The van der Waals surface area contributed by atoms with E-state index in [4.69, 9.17) is 4.74 Å². The molecule has 0 aliphatic carbocycles. The molecule has 0 fully saturated rings. The van der Waals surface area contributed by atoms with E-state index in [0.717, 1.165) is 32.9 Å². The van der Waals surface area contributed by atoms with Crippen molar-refractivity contribution in [2.24, 2.45) is 5.10 Å². The fourth-order valence-electron chi connectivity index (χ4n) is 3.33. The van der Waals surface area contributed by atoms with Crippen LogP contribution in [0.3, 0.4) is 0 Å². The van der Waals surface area contributed by atoms with E-state index >= 15 is 0 Å². The third kappa shape index (κ3) is 3.45. The molecule has 0 atom stereocenters. The Labute approximate surface area is 163 Å². The van der Waals surface area contributed by atoms with Crippen LogP contribution in [0.25, 0.3) is 21.5 Å². The van der Waals surface area contributed by atoms with E-state index in [9.17, 15) is 4.79 Å². The van der Waals surface area contributed by atoms with Crippen LogP contribution in [0.4, 0.5) is 0 Å².